The number of benzene rings is 2. The van der Waals surface area contributed by atoms with E-state index in [2.05, 4.69) is 35.4 Å². The summed E-state index contributed by atoms with van der Waals surface area (Å²) in [7, 11) is 0. The predicted octanol–water partition coefficient (Wildman–Crippen LogP) is 3.93. The zero-order chi connectivity index (χ0) is 16.2. The van der Waals surface area contributed by atoms with Gasteiger partial charge in [-0.05, 0) is 37.1 Å². The van der Waals surface area contributed by atoms with E-state index in [1.54, 1.807) is 4.68 Å². The van der Waals surface area contributed by atoms with Gasteiger partial charge in [-0.1, -0.05) is 59.3 Å². The molecule has 0 aliphatic rings. The summed E-state index contributed by atoms with van der Waals surface area (Å²) < 4.78 is 1.71. The fourth-order valence-corrected chi connectivity index (χ4v) is 2.35. The van der Waals surface area contributed by atoms with Crippen molar-refractivity contribution in [2.24, 2.45) is 0 Å². The molecular weight excluding hydrogens is 284 g/mol. The largest absolute Gasteiger partial charge is 0.212 e. The van der Waals surface area contributed by atoms with Gasteiger partial charge in [0.1, 0.15) is 11.8 Å². The molecule has 1 aromatic heterocycles. The second-order valence-corrected chi connectivity index (χ2v) is 5.38. The molecule has 3 aromatic rings. The van der Waals surface area contributed by atoms with Gasteiger partial charge in [-0.2, -0.15) is 5.26 Å². The predicted molar refractivity (Wildman–Crippen MR) is 90.9 cm³/mol. The first kappa shape index (κ1) is 14.7. The summed E-state index contributed by atoms with van der Waals surface area (Å²) in [6.45, 7) is 4.06. The highest BCUT2D eigenvalue weighted by molar-refractivity contribution is 5.71. The Morgan fingerprint density at radius 1 is 1.00 bits per heavy atom. The van der Waals surface area contributed by atoms with Crippen LogP contribution in [0.2, 0.25) is 0 Å². The van der Waals surface area contributed by atoms with E-state index in [-0.39, 0.29) is 0 Å². The zero-order valence-corrected chi connectivity index (χ0v) is 13.1. The Labute approximate surface area is 135 Å². The molecule has 1 heterocycles. The van der Waals surface area contributed by atoms with Gasteiger partial charge >= 0.3 is 0 Å². The smallest absolute Gasteiger partial charge is 0.190 e. The fraction of sp³-hybridized carbons (Fsp3) is 0.105. The topological polar surface area (TPSA) is 54.5 Å². The average molecular weight is 300 g/mol. The van der Waals surface area contributed by atoms with E-state index in [9.17, 15) is 5.26 Å². The third-order valence-corrected chi connectivity index (χ3v) is 3.67. The van der Waals surface area contributed by atoms with Crippen LogP contribution in [0.3, 0.4) is 0 Å². The van der Waals surface area contributed by atoms with Crippen molar-refractivity contribution < 1.29 is 0 Å². The Balaban J connectivity index is 2.05. The maximum Gasteiger partial charge on any atom is 0.190 e. The molecule has 0 amide bonds. The first-order chi connectivity index (χ1) is 11.2. The second kappa shape index (κ2) is 6.29. The maximum absolute atomic E-state index is 9.28. The number of rotatable bonds is 3. The number of aromatic nitrogens is 3. The van der Waals surface area contributed by atoms with Gasteiger partial charge in [0.2, 0.25) is 0 Å². The maximum atomic E-state index is 9.28. The van der Waals surface area contributed by atoms with Gasteiger partial charge in [0.15, 0.2) is 5.69 Å². The van der Waals surface area contributed by atoms with E-state index < -0.39 is 0 Å². The lowest BCUT2D eigenvalue weighted by molar-refractivity contribution is 0.793. The van der Waals surface area contributed by atoms with E-state index >= 15 is 0 Å². The molecule has 23 heavy (non-hydrogen) atoms. The zero-order valence-electron chi connectivity index (χ0n) is 13.1. The SMILES string of the molecule is Cc1ccc(/C=C/c2c(C#N)nnn2-c2ccccc2C)cc1. The molecule has 0 aliphatic heterocycles. The molecule has 0 spiro atoms. The quantitative estimate of drug-likeness (QED) is 0.736. The highest BCUT2D eigenvalue weighted by Gasteiger charge is 2.12. The molecule has 112 valence electrons. The van der Waals surface area contributed by atoms with Crippen molar-refractivity contribution in [2.75, 3.05) is 0 Å². The van der Waals surface area contributed by atoms with Crippen molar-refractivity contribution in [1.29, 1.82) is 5.26 Å². The molecule has 4 nitrogen and oxygen atoms in total. The van der Waals surface area contributed by atoms with Gasteiger partial charge in [0.25, 0.3) is 0 Å². The van der Waals surface area contributed by atoms with E-state index in [0.717, 1.165) is 16.8 Å². The second-order valence-electron chi connectivity index (χ2n) is 5.38. The Morgan fingerprint density at radius 3 is 2.43 bits per heavy atom. The molecule has 0 saturated carbocycles. The van der Waals surface area contributed by atoms with E-state index in [4.69, 9.17) is 0 Å². The summed E-state index contributed by atoms with van der Waals surface area (Å²) in [5.41, 5.74) is 5.28. The van der Waals surface area contributed by atoms with Crippen LogP contribution in [0.15, 0.2) is 48.5 Å². The van der Waals surface area contributed by atoms with Gasteiger partial charge < -0.3 is 0 Å². The third kappa shape index (κ3) is 3.04. The summed E-state index contributed by atoms with van der Waals surface area (Å²) in [6, 6.07) is 18.2. The number of hydrogen-bond acceptors (Lipinski definition) is 3. The summed E-state index contributed by atoms with van der Waals surface area (Å²) in [6.07, 6.45) is 3.85. The molecule has 0 atom stereocenters. The van der Waals surface area contributed by atoms with Crippen molar-refractivity contribution in [3.63, 3.8) is 0 Å². The highest BCUT2D eigenvalue weighted by Crippen LogP contribution is 2.18. The number of nitrogens with zero attached hydrogens (tertiary/aromatic N) is 4. The van der Waals surface area contributed by atoms with Gasteiger partial charge in [-0.25, -0.2) is 4.68 Å². The molecule has 0 bridgehead atoms. The Morgan fingerprint density at radius 2 is 1.74 bits per heavy atom. The molecule has 0 unspecified atom stereocenters. The van der Waals surface area contributed by atoms with Crippen LogP contribution in [0.5, 0.6) is 0 Å². The molecule has 3 rings (SSSR count). The number of hydrogen-bond donors (Lipinski definition) is 0. The normalized spacial score (nSPS) is 10.8. The van der Waals surface area contributed by atoms with Crippen LogP contribution in [0.25, 0.3) is 17.8 Å². The lowest BCUT2D eigenvalue weighted by atomic mass is 10.1. The van der Waals surface area contributed by atoms with Crippen molar-refractivity contribution in [1.82, 2.24) is 15.0 Å². The van der Waals surface area contributed by atoms with E-state index in [0.29, 0.717) is 11.4 Å². The van der Waals surface area contributed by atoms with E-state index in [1.165, 1.54) is 5.56 Å². The molecule has 4 heteroatoms. The van der Waals surface area contributed by atoms with Crippen LogP contribution in [-0.4, -0.2) is 15.0 Å². The van der Waals surface area contributed by atoms with Gasteiger partial charge in [0, 0.05) is 0 Å². The first-order valence-electron chi connectivity index (χ1n) is 7.35. The molecule has 0 saturated heterocycles. The van der Waals surface area contributed by atoms with Crippen molar-refractivity contribution in [2.45, 2.75) is 13.8 Å². The minimum atomic E-state index is 0.316. The minimum absolute atomic E-state index is 0.316. The van der Waals surface area contributed by atoms with Crippen molar-refractivity contribution >= 4 is 12.2 Å². The summed E-state index contributed by atoms with van der Waals surface area (Å²) in [5, 5.41) is 17.4. The highest BCUT2D eigenvalue weighted by atomic mass is 15.4. The number of aryl methyl sites for hydroxylation is 2. The number of para-hydroxylation sites is 1. The molecule has 0 fully saturated rings. The van der Waals surface area contributed by atoms with Crippen LogP contribution >= 0.6 is 0 Å². The number of nitriles is 1. The van der Waals surface area contributed by atoms with Gasteiger partial charge in [-0.3, -0.25) is 0 Å². The van der Waals surface area contributed by atoms with Gasteiger partial charge in [0.05, 0.1) is 5.69 Å². The minimum Gasteiger partial charge on any atom is -0.212 e. The summed E-state index contributed by atoms with van der Waals surface area (Å²) >= 11 is 0. The molecule has 2 aromatic carbocycles. The van der Waals surface area contributed by atoms with Crippen LogP contribution in [0, 0.1) is 25.2 Å². The van der Waals surface area contributed by atoms with E-state index in [1.807, 2.05) is 55.5 Å². The third-order valence-electron chi connectivity index (χ3n) is 3.67. The standard InChI is InChI=1S/C19H16N4/c1-14-7-9-16(10-8-14)11-12-19-17(13-20)21-22-23(19)18-6-4-3-5-15(18)2/h3-12H,1-2H3/b12-11+. The lowest BCUT2D eigenvalue weighted by Crippen LogP contribution is -2.01. The lowest BCUT2D eigenvalue weighted by Gasteiger charge is -2.06. The van der Waals surface area contributed by atoms with Crippen LogP contribution in [-0.2, 0) is 0 Å². The van der Waals surface area contributed by atoms with Crippen molar-refractivity contribution in [3.05, 3.63) is 76.6 Å². The molecular formula is C19H16N4. The molecule has 0 N–H and O–H groups in total. The van der Waals surface area contributed by atoms with Crippen LogP contribution in [0.1, 0.15) is 28.1 Å². The van der Waals surface area contributed by atoms with Crippen LogP contribution in [0.4, 0.5) is 0 Å². The Kier molecular flexibility index (Phi) is 4.03. The molecule has 0 radical (unpaired) electrons. The Bertz CT molecular complexity index is 896. The summed E-state index contributed by atoms with van der Waals surface area (Å²) in [5.74, 6) is 0. The van der Waals surface area contributed by atoms with Gasteiger partial charge in [-0.15, -0.1) is 5.10 Å². The Hall–Kier alpha value is -3.19. The first-order valence-corrected chi connectivity index (χ1v) is 7.35. The molecule has 0 aliphatic carbocycles. The average Bonchev–Trinajstić information content (AvgIpc) is 2.97. The van der Waals surface area contributed by atoms with Crippen LogP contribution < -0.4 is 0 Å². The monoisotopic (exact) mass is 300 g/mol. The summed E-state index contributed by atoms with van der Waals surface area (Å²) in [4.78, 5) is 0. The van der Waals surface area contributed by atoms with Crippen molar-refractivity contribution in [3.8, 4) is 11.8 Å². The fourth-order valence-electron chi connectivity index (χ4n) is 2.35.